The minimum absolute atomic E-state index is 0.00471. The lowest BCUT2D eigenvalue weighted by molar-refractivity contribution is -0.138. The first-order chi connectivity index (χ1) is 7.25. The van der Waals surface area contributed by atoms with Crippen molar-refractivity contribution in [2.45, 2.75) is 64.7 Å². The lowest BCUT2D eigenvalue weighted by atomic mass is 10.1. The minimum atomic E-state index is -0.581. The zero-order valence-electron chi connectivity index (χ0n) is 9.87. The molecule has 0 aromatic heterocycles. The summed E-state index contributed by atoms with van der Waals surface area (Å²) >= 11 is 0. The molecule has 1 N–H and O–H groups in total. The molecule has 15 heavy (non-hydrogen) atoms. The molecule has 2 heteroatoms. The van der Waals surface area contributed by atoms with Crippen LogP contribution in [0.4, 0.5) is 0 Å². The zero-order chi connectivity index (χ0) is 11.1. The van der Waals surface area contributed by atoms with Gasteiger partial charge in [-0.05, 0) is 18.8 Å². The number of rotatable bonds is 9. The lowest BCUT2D eigenvalue weighted by Crippen LogP contribution is -1.99. The first-order valence-electron chi connectivity index (χ1n) is 6.48. The number of unbranched alkanes of at least 4 members (excludes halogenated alkanes) is 6. The molecule has 1 fully saturated rings. The number of carboxylic acids is 1. The summed E-state index contributed by atoms with van der Waals surface area (Å²) in [6.07, 6.45) is 11.4. The first kappa shape index (κ1) is 12.5. The van der Waals surface area contributed by atoms with E-state index in [1.165, 1.54) is 44.9 Å². The third kappa shape index (κ3) is 5.19. The Morgan fingerprint density at radius 3 is 2.27 bits per heavy atom. The Balaban J connectivity index is 1.80. The van der Waals surface area contributed by atoms with Crippen LogP contribution in [0.2, 0.25) is 0 Å². The van der Waals surface area contributed by atoms with Crippen LogP contribution in [0, 0.1) is 11.8 Å². The van der Waals surface area contributed by atoms with Crippen molar-refractivity contribution in [3.63, 3.8) is 0 Å². The fourth-order valence-electron chi connectivity index (χ4n) is 2.23. The standard InChI is InChI=1S/C13H24O2/c1-2-3-4-5-6-7-8-9-11-10-12(11)13(14)15/h11-12H,2-10H2,1H3,(H,14,15). The summed E-state index contributed by atoms with van der Waals surface area (Å²) in [5, 5.41) is 8.72. The van der Waals surface area contributed by atoms with Gasteiger partial charge in [0.15, 0.2) is 0 Å². The number of carbonyl (C=O) groups is 1. The van der Waals surface area contributed by atoms with Crippen LogP contribution >= 0.6 is 0 Å². The number of hydrogen-bond acceptors (Lipinski definition) is 1. The van der Waals surface area contributed by atoms with Crippen molar-refractivity contribution in [2.75, 3.05) is 0 Å². The minimum Gasteiger partial charge on any atom is -0.481 e. The van der Waals surface area contributed by atoms with E-state index in [1.54, 1.807) is 0 Å². The van der Waals surface area contributed by atoms with Gasteiger partial charge in [-0.15, -0.1) is 0 Å². The molecule has 1 aliphatic carbocycles. The van der Waals surface area contributed by atoms with Crippen LogP contribution < -0.4 is 0 Å². The van der Waals surface area contributed by atoms with Crippen molar-refractivity contribution < 1.29 is 9.90 Å². The van der Waals surface area contributed by atoms with Gasteiger partial charge in [0.05, 0.1) is 5.92 Å². The lowest BCUT2D eigenvalue weighted by Gasteiger charge is -2.00. The number of hydrogen-bond donors (Lipinski definition) is 1. The maximum Gasteiger partial charge on any atom is 0.306 e. The highest BCUT2D eigenvalue weighted by Gasteiger charge is 2.42. The molecule has 0 heterocycles. The predicted octanol–water partition coefficient (Wildman–Crippen LogP) is 3.85. The molecule has 0 aromatic rings. The fourth-order valence-corrected chi connectivity index (χ4v) is 2.23. The number of aliphatic carboxylic acids is 1. The molecule has 0 aromatic carbocycles. The Labute approximate surface area is 93.1 Å². The van der Waals surface area contributed by atoms with Gasteiger partial charge in [0.1, 0.15) is 0 Å². The molecule has 2 unspecified atom stereocenters. The van der Waals surface area contributed by atoms with Gasteiger partial charge in [0, 0.05) is 0 Å². The average Bonchev–Trinajstić information content (AvgIpc) is 2.96. The SMILES string of the molecule is CCCCCCCCCC1CC1C(=O)O. The van der Waals surface area contributed by atoms with E-state index in [2.05, 4.69) is 6.92 Å². The molecule has 1 aliphatic rings. The molecule has 88 valence electrons. The molecule has 0 spiro atoms. The second-order valence-electron chi connectivity index (χ2n) is 4.85. The van der Waals surface area contributed by atoms with Crippen LogP contribution in [0.5, 0.6) is 0 Å². The largest absolute Gasteiger partial charge is 0.481 e. The van der Waals surface area contributed by atoms with Gasteiger partial charge in [-0.2, -0.15) is 0 Å². The third-order valence-electron chi connectivity index (χ3n) is 3.42. The maximum absolute atomic E-state index is 10.6. The van der Waals surface area contributed by atoms with Crippen molar-refractivity contribution in [3.8, 4) is 0 Å². The van der Waals surface area contributed by atoms with Crippen LogP contribution in [-0.4, -0.2) is 11.1 Å². The predicted molar refractivity (Wildman–Crippen MR) is 61.8 cm³/mol. The van der Waals surface area contributed by atoms with E-state index in [-0.39, 0.29) is 5.92 Å². The average molecular weight is 212 g/mol. The molecule has 1 saturated carbocycles. The summed E-state index contributed by atoms with van der Waals surface area (Å²) in [6, 6.07) is 0. The van der Waals surface area contributed by atoms with Crippen molar-refractivity contribution in [1.29, 1.82) is 0 Å². The van der Waals surface area contributed by atoms with Gasteiger partial charge in [-0.3, -0.25) is 4.79 Å². The Kier molecular flexibility index (Phi) is 5.74. The van der Waals surface area contributed by atoms with E-state index in [4.69, 9.17) is 5.11 Å². The summed E-state index contributed by atoms with van der Waals surface area (Å²) in [5.41, 5.74) is 0. The van der Waals surface area contributed by atoms with Gasteiger partial charge >= 0.3 is 5.97 Å². The van der Waals surface area contributed by atoms with E-state index in [0.29, 0.717) is 5.92 Å². The van der Waals surface area contributed by atoms with Gasteiger partial charge in [-0.25, -0.2) is 0 Å². The summed E-state index contributed by atoms with van der Waals surface area (Å²) in [5.74, 6) is -0.0637. The maximum atomic E-state index is 10.6. The molecule has 0 amide bonds. The van der Waals surface area contributed by atoms with E-state index in [1.807, 2.05) is 0 Å². The highest BCUT2D eigenvalue weighted by molar-refractivity contribution is 5.73. The molecule has 2 nitrogen and oxygen atoms in total. The van der Waals surface area contributed by atoms with Crippen LogP contribution in [-0.2, 0) is 4.79 Å². The number of carboxylic acid groups (broad SMARTS) is 1. The van der Waals surface area contributed by atoms with Gasteiger partial charge in [-0.1, -0.05) is 51.9 Å². The van der Waals surface area contributed by atoms with E-state index < -0.39 is 5.97 Å². The molecule has 0 saturated heterocycles. The molecule has 0 aliphatic heterocycles. The third-order valence-corrected chi connectivity index (χ3v) is 3.42. The van der Waals surface area contributed by atoms with Crippen molar-refractivity contribution in [2.24, 2.45) is 11.8 Å². The van der Waals surface area contributed by atoms with Crippen molar-refractivity contribution in [3.05, 3.63) is 0 Å². The summed E-state index contributed by atoms with van der Waals surface area (Å²) in [7, 11) is 0. The van der Waals surface area contributed by atoms with Gasteiger partial charge in [0.25, 0.3) is 0 Å². The highest BCUT2D eigenvalue weighted by Crippen LogP contribution is 2.42. The highest BCUT2D eigenvalue weighted by atomic mass is 16.4. The quantitative estimate of drug-likeness (QED) is 0.589. The van der Waals surface area contributed by atoms with E-state index in [9.17, 15) is 4.79 Å². The Hall–Kier alpha value is -0.530. The molecule has 2 atom stereocenters. The Morgan fingerprint density at radius 1 is 1.13 bits per heavy atom. The fraction of sp³-hybridized carbons (Fsp3) is 0.923. The second kappa shape index (κ2) is 6.86. The van der Waals surface area contributed by atoms with Crippen LogP contribution in [0.25, 0.3) is 0 Å². The smallest absolute Gasteiger partial charge is 0.306 e. The first-order valence-corrected chi connectivity index (χ1v) is 6.48. The van der Waals surface area contributed by atoms with Crippen molar-refractivity contribution in [1.82, 2.24) is 0 Å². The topological polar surface area (TPSA) is 37.3 Å². The normalized spacial score (nSPS) is 24.1. The van der Waals surface area contributed by atoms with Gasteiger partial charge < -0.3 is 5.11 Å². The molecular formula is C13H24O2. The summed E-state index contributed by atoms with van der Waals surface area (Å²) in [6.45, 7) is 2.24. The zero-order valence-corrected chi connectivity index (χ0v) is 9.87. The van der Waals surface area contributed by atoms with Crippen LogP contribution in [0.15, 0.2) is 0 Å². The van der Waals surface area contributed by atoms with Crippen LogP contribution in [0.1, 0.15) is 64.7 Å². The summed E-state index contributed by atoms with van der Waals surface area (Å²) < 4.78 is 0. The Morgan fingerprint density at radius 2 is 1.73 bits per heavy atom. The van der Waals surface area contributed by atoms with Crippen LogP contribution in [0.3, 0.4) is 0 Å². The molecule has 0 radical (unpaired) electrons. The monoisotopic (exact) mass is 212 g/mol. The molecule has 0 bridgehead atoms. The van der Waals surface area contributed by atoms with E-state index in [0.717, 1.165) is 12.8 Å². The van der Waals surface area contributed by atoms with Gasteiger partial charge in [0.2, 0.25) is 0 Å². The van der Waals surface area contributed by atoms with Crippen molar-refractivity contribution >= 4 is 5.97 Å². The molecular weight excluding hydrogens is 188 g/mol. The Bertz CT molecular complexity index is 189. The summed E-state index contributed by atoms with van der Waals surface area (Å²) in [4.78, 5) is 10.6. The molecule has 1 rings (SSSR count). The second-order valence-corrected chi connectivity index (χ2v) is 4.85. The van der Waals surface area contributed by atoms with E-state index >= 15 is 0 Å².